The van der Waals surface area contributed by atoms with Gasteiger partial charge >= 0.3 is 39.5 Å². The first kappa shape index (κ1) is 107. The van der Waals surface area contributed by atoms with Crippen LogP contribution in [-0.4, -0.2) is 96.7 Å². The lowest BCUT2D eigenvalue weighted by Gasteiger charge is -2.21. The molecule has 0 saturated carbocycles. The van der Waals surface area contributed by atoms with Gasteiger partial charge in [0.25, 0.3) is 0 Å². The van der Waals surface area contributed by atoms with Gasteiger partial charge in [-0.1, -0.05) is 439 Å². The number of aliphatic hydroxyl groups is 1. The van der Waals surface area contributed by atoms with Gasteiger partial charge in [0, 0.05) is 25.7 Å². The molecule has 0 aromatic rings. The van der Waals surface area contributed by atoms with E-state index >= 15 is 0 Å². The molecule has 0 aliphatic carbocycles. The maximum absolute atomic E-state index is 13.2. The molecule has 3 unspecified atom stereocenters. The van der Waals surface area contributed by atoms with Crippen LogP contribution >= 0.6 is 15.6 Å². The number of phosphoric acid groups is 2. The smallest absolute Gasteiger partial charge is 0.462 e. The third kappa shape index (κ3) is 82.4. The summed E-state index contributed by atoms with van der Waals surface area (Å²) >= 11 is 0. The Kier molecular flexibility index (Phi) is 81.1. The molecular formula is C90H176O17P2. The minimum Gasteiger partial charge on any atom is -0.462 e. The largest absolute Gasteiger partial charge is 0.472 e. The van der Waals surface area contributed by atoms with Gasteiger partial charge in [0.15, 0.2) is 12.2 Å². The predicted molar refractivity (Wildman–Crippen MR) is 451 cm³/mol. The number of aliphatic hydroxyl groups excluding tert-OH is 1. The average Bonchev–Trinajstić information content (AvgIpc) is 0.899. The summed E-state index contributed by atoms with van der Waals surface area (Å²) in [4.78, 5) is 73.4. The fraction of sp³-hybridized carbons (Fsp3) is 0.956. The van der Waals surface area contributed by atoms with E-state index in [1.807, 2.05) is 0 Å². The van der Waals surface area contributed by atoms with Crippen LogP contribution in [0.3, 0.4) is 0 Å². The van der Waals surface area contributed by atoms with Gasteiger partial charge in [0.1, 0.15) is 19.3 Å². The van der Waals surface area contributed by atoms with Crippen LogP contribution in [-0.2, 0) is 65.4 Å². The zero-order valence-corrected chi connectivity index (χ0v) is 73.5. The van der Waals surface area contributed by atoms with E-state index in [1.165, 1.54) is 315 Å². The first-order valence-electron chi connectivity index (χ1n) is 46.7. The molecular weight excluding hydrogens is 1410 g/mol. The fourth-order valence-electron chi connectivity index (χ4n) is 14.1. The monoisotopic (exact) mass is 1590 g/mol. The van der Waals surface area contributed by atoms with Crippen molar-refractivity contribution in [3.63, 3.8) is 0 Å². The summed E-state index contributed by atoms with van der Waals surface area (Å²) in [6.07, 6.45) is 77.7. The van der Waals surface area contributed by atoms with Crippen LogP contribution in [0.25, 0.3) is 0 Å². The second-order valence-electron chi connectivity index (χ2n) is 32.6. The Morgan fingerprint density at radius 1 is 0.257 bits per heavy atom. The van der Waals surface area contributed by atoms with Crippen molar-refractivity contribution in [3.8, 4) is 0 Å². The third-order valence-electron chi connectivity index (χ3n) is 21.6. The summed E-state index contributed by atoms with van der Waals surface area (Å²) < 4.78 is 69.0. The van der Waals surface area contributed by atoms with Gasteiger partial charge in [0.2, 0.25) is 0 Å². The van der Waals surface area contributed by atoms with Gasteiger partial charge in [-0.2, -0.15) is 0 Å². The highest BCUT2D eigenvalue weighted by Crippen LogP contribution is 2.45. The van der Waals surface area contributed by atoms with E-state index in [-0.39, 0.29) is 25.7 Å². The van der Waals surface area contributed by atoms with Gasteiger partial charge in [-0.25, -0.2) is 9.13 Å². The lowest BCUT2D eigenvalue weighted by molar-refractivity contribution is -0.161. The Hall–Kier alpha value is -1.94. The molecule has 0 aliphatic heterocycles. The van der Waals surface area contributed by atoms with E-state index < -0.39 is 97.5 Å². The van der Waals surface area contributed by atoms with Crippen LogP contribution in [0.1, 0.15) is 490 Å². The van der Waals surface area contributed by atoms with E-state index in [1.54, 1.807) is 0 Å². The second kappa shape index (κ2) is 82.6. The Bertz CT molecular complexity index is 2070. The molecule has 17 nitrogen and oxygen atoms in total. The molecule has 109 heavy (non-hydrogen) atoms. The van der Waals surface area contributed by atoms with Crippen molar-refractivity contribution in [2.24, 2.45) is 5.92 Å². The highest BCUT2D eigenvalue weighted by molar-refractivity contribution is 7.47. The van der Waals surface area contributed by atoms with Crippen molar-refractivity contribution in [1.29, 1.82) is 0 Å². The molecule has 0 heterocycles. The first-order chi connectivity index (χ1) is 53.1. The molecule has 19 heteroatoms. The Morgan fingerprint density at radius 3 is 0.651 bits per heavy atom. The minimum absolute atomic E-state index is 0.109. The van der Waals surface area contributed by atoms with E-state index in [9.17, 15) is 43.2 Å². The molecule has 648 valence electrons. The maximum atomic E-state index is 13.2. The van der Waals surface area contributed by atoms with Crippen molar-refractivity contribution in [2.75, 3.05) is 39.6 Å². The number of carbonyl (C=O) groups excluding carboxylic acids is 4. The van der Waals surface area contributed by atoms with Crippen molar-refractivity contribution in [3.05, 3.63) is 0 Å². The van der Waals surface area contributed by atoms with Crippen molar-refractivity contribution in [1.82, 2.24) is 0 Å². The van der Waals surface area contributed by atoms with Gasteiger partial charge in [0.05, 0.1) is 26.4 Å². The summed E-state index contributed by atoms with van der Waals surface area (Å²) in [5.41, 5.74) is 0. The molecule has 3 N–H and O–H groups in total. The molecule has 0 amide bonds. The number of unbranched alkanes of at least 4 members (excludes halogenated alkanes) is 61. The molecule has 0 spiro atoms. The summed E-state index contributed by atoms with van der Waals surface area (Å²) in [5.74, 6) is -1.22. The molecule has 0 rings (SSSR count). The quantitative estimate of drug-likeness (QED) is 0.0222. The van der Waals surface area contributed by atoms with E-state index in [0.717, 1.165) is 95.8 Å². The highest BCUT2D eigenvalue weighted by atomic mass is 31.2. The van der Waals surface area contributed by atoms with E-state index in [0.29, 0.717) is 25.7 Å². The molecule has 0 fully saturated rings. The van der Waals surface area contributed by atoms with Crippen LogP contribution in [0.4, 0.5) is 0 Å². The summed E-state index contributed by atoms with van der Waals surface area (Å²) in [7, 11) is -9.93. The number of phosphoric ester groups is 2. The molecule has 0 aromatic heterocycles. The SMILES string of the molecule is CCCCCCCCCCCCCCCCCCCCCCCC(=O)OC[C@H](COP(=O)(O)OC[C@@H](O)COP(=O)(O)OC[C@@H](COC(=O)CCCCCCCCCCCCCC)OC(=O)CCCCCCCCCCCCCCCC)OC(=O)CCCCCCCCCCCCCCCCCCCCC(C)CC. The molecule has 0 aliphatic rings. The maximum Gasteiger partial charge on any atom is 0.472 e. The molecule has 0 bridgehead atoms. The number of carbonyl (C=O) groups is 4. The lowest BCUT2D eigenvalue weighted by Crippen LogP contribution is -2.30. The van der Waals surface area contributed by atoms with E-state index in [4.69, 9.17) is 37.0 Å². The predicted octanol–water partition coefficient (Wildman–Crippen LogP) is 27.9. The normalized spacial score (nSPS) is 13.9. The van der Waals surface area contributed by atoms with Crippen LogP contribution in [0.5, 0.6) is 0 Å². The number of rotatable bonds is 90. The van der Waals surface area contributed by atoms with Crippen LogP contribution in [0, 0.1) is 5.92 Å². The number of esters is 4. The number of hydrogen-bond donors (Lipinski definition) is 3. The number of ether oxygens (including phenoxy) is 4. The topological polar surface area (TPSA) is 237 Å². The lowest BCUT2D eigenvalue weighted by atomic mass is 9.99. The Morgan fingerprint density at radius 2 is 0.440 bits per heavy atom. The molecule has 0 aromatic carbocycles. The minimum atomic E-state index is -4.97. The second-order valence-corrected chi connectivity index (χ2v) is 35.5. The fourth-order valence-corrected chi connectivity index (χ4v) is 15.7. The Balaban J connectivity index is 5.23. The first-order valence-corrected chi connectivity index (χ1v) is 49.7. The highest BCUT2D eigenvalue weighted by Gasteiger charge is 2.31. The van der Waals surface area contributed by atoms with Crippen LogP contribution in [0.15, 0.2) is 0 Å². The summed E-state index contributed by atoms with van der Waals surface area (Å²) in [6, 6.07) is 0. The van der Waals surface area contributed by atoms with Crippen molar-refractivity contribution < 1.29 is 80.2 Å². The zero-order valence-electron chi connectivity index (χ0n) is 71.7. The van der Waals surface area contributed by atoms with Gasteiger partial charge in [-0.05, 0) is 31.6 Å². The van der Waals surface area contributed by atoms with E-state index in [2.05, 4.69) is 34.6 Å². The summed E-state index contributed by atoms with van der Waals surface area (Å²) in [6.45, 7) is 7.46. The number of hydrogen-bond acceptors (Lipinski definition) is 15. The van der Waals surface area contributed by atoms with Crippen molar-refractivity contribution >= 4 is 39.5 Å². The zero-order chi connectivity index (χ0) is 79.7. The summed E-state index contributed by atoms with van der Waals surface area (Å²) in [5, 5.41) is 10.7. The van der Waals surface area contributed by atoms with Gasteiger partial charge in [-0.3, -0.25) is 37.3 Å². The third-order valence-corrected chi connectivity index (χ3v) is 23.5. The van der Waals surface area contributed by atoms with Crippen LogP contribution < -0.4 is 0 Å². The van der Waals surface area contributed by atoms with Crippen molar-refractivity contribution in [2.45, 2.75) is 509 Å². The van der Waals surface area contributed by atoms with Crippen LogP contribution in [0.2, 0.25) is 0 Å². The molecule has 0 radical (unpaired) electrons. The molecule has 6 atom stereocenters. The standard InChI is InChI=1S/C90H176O17P2/c1-6-10-13-16-19-22-25-28-30-31-32-33-34-38-41-45-49-54-59-64-69-74-88(93)101-80-86(107-90(95)76-71-66-61-56-51-46-42-39-36-35-37-40-43-47-52-57-62-67-72-83(5)9-4)82-105-109(98,99)103-78-84(91)77-102-108(96,97)104-81-85(79-100-87(92)73-68-63-58-53-48-27-24-21-18-15-12-8-3)106-89(94)75-70-65-60-55-50-44-29-26-23-20-17-14-11-7-2/h83-86,91H,6-82H2,1-5H3,(H,96,97)(H,98,99)/t83?,84-,85+,86+/m0/s1. The Labute approximate surface area is 670 Å². The van der Waals surface area contributed by atoms with Gasteiger partial charge in [-0.15, -0.1) is 0 Å². The van der Waals surface area contributed by atoms with Gasteiger partial charge < -0.3 is 33.8 Å². The molecule has 0 saturated heterocycles. The average molecular weight is 1590 g/mol.